The molecule has 2 rings (SSSR count). The molecular weight excluding hydrogens is 371 g/mol. The van der Waals surface area contributed by atoms with Gasteiger partial charge in [0.15, 0.2) is 6.61 Å². The highest BCUT2D eigenvalue weighted by Gasteiger charge is 2.26. The lowest BCUT2D eigenvalue weighted by Gasteiger charge is -2.28. The second-order valence-electron chi connectivity index (χ2n) is 7.97. The van der Waals surface area contributed by atoms with Gasteiger partial charge in [-0.2, -0.15) is 0 Å². The van der Waals surface area contributed by atoms with Crippen molar-refractivity contribution < 1.29 is 18.7 Å². The quantitative estimate of drug-likeness (QED) is 0.772. The molecule has 0 saturated heterocycles. The number of halogens is 1. The minimum atomic E-state index is -0.765. The Kier molecular flexibility index (Phi) is 7.37. The predicted octanol–water partition coefficient (Wildman–Crippen LogP) is 3.67. The fraction of sp³-hybridized carbons (Fsp3) is 0.391. The topological polar surface area (TPSA) is 58.6 Å². The fourth-order valence-electron chi connectivity index (χ4n) is 2.88. The Morgan fingerprint density at radius 1 is 1.10 bits per heavy atom. The molecule has 2 aromatic carbocycles. The van der Waals surface area contributed by atoms with E-state index in [1.54, 1.807) is 25.1 Å². The molecule has 0 radical (unpaired) electrons. The largest absolute Gasteiger partial charge is 0.484 e. The third kappa shape index (κ3) is 6.04. The van der Waals surface area contributed by atoms with Gasteiger partial charge in [0.2, 0.25) is 5.91 Å². The lowest BCUT2D eigenvalue weighted by atomic mass is 9.87. The van der Waals surface area contributed by atoms with Crippen LogP contribution in [0.15, 0.2) is 48.5 Å². The van der Waals surface area contributed by atoms with Gasteiger partial charge in [-0.1, -0.05) is 51.1 Å². The van der Waals surface area contributed by atoms with Crippen LogP contribution in [-0.2, 0) is 21.5 Å². The summed E-state index contributed by atoms with van der Waals surface area (Å²) in [6.45, 7) is 7.69. The first kappa shape index (κ1) is 22.4. The molecule has 5 nitrogen and oxygen atoms in total. The maximum absolute atomic E-state index is 14.1. The summed E-state index contributed by atoms with van der Waals surface area (Å²) >= 11 is 0. The van der Waals surface area contributed by atoms with E-state index in [9.17, 15) is 14.0 Å². The number of likely N-dealkylation sites (N-methyl/N-ethyl adjacent to an activating group) is 1. The summed E-state index contributed by atoms with van der Waals surface area (Å²) in [5, 5.41) is 2.53. The maximum Gasteiger partial charge on any atom is 0.261 e. The minimum absolute atomic E-state index is 0.0214. The normalized spacial score (nSPS) is 12.2. The highest BCUT2D eigenvalue weighted by Crippen LogP contribution is 2.24. The third-order valence-electron chi connectivity index (χ3n) is 4.79. The highest BCUT2D eigenvalue weighted by atomic mass is 19.1. The molecule has 0 saturated carbocycles. The fourth-order valence-corrected chi connectivity index (χ4v) is 2.88. The molecule has 0 unspecified atom stereocenters. The van der Waals surface area contributed by atoms with Crippen molar-refractivity contribution in [1.82, 2.24) is 10.2 Å². The molecule has 1 N–H and O–H groups in total. The number of amides is 2. The number of carbonyl (C=O) groups excluding carboxylic acids is 2. The van der Waals surface area contributed by atoms with Crippen molar-refractivity contribution in [2.24, 2.45) is 0 Å². The van der Waals surface area contributed by atoms with Gasteiger partial charge in [0.25, 0.3) is 5.91 Å². The molecule has 0 aliphatic heterocycles. The van der Waals surface area contributed by atoms with Crippen LogP contribution in [0, 0.1) is 5.82 Å². The van der Waals surface area contributed by atoms with Crippen LogP contribution >= 0.6 is 0 Å². The molecule has 29 heavy (non-hydrogen) atoms. The standard InChI is InChI=1S/C23H29FN2O3/c1-16(22(28)25-5)26(14-17-8-6-7-9-20(17)24)21(27)15-29-19-12-10-18(11-13-19)23(2,3)4/h6-13,16H,14-15H2,1-5H3,(H,25,28)/t16-/m1/s1. The SMILES string of the molecule is CNC(=O)[C@@H](C)N(Cc1ccccc1F)C(=O)COc1ccc(C(C)(C)C)cc1. The van der Waals surface area contributed by atoms with E-state index in [4.69, 9.17) is 4.74 Å². The van der Waals surface area contributed by atoms with Gasteiger partial charge in [-0.15, -0.1) is 0 Å². The Morgan fingerprint density at radius 2 is 1.72 bits per heavy atom. The molecule has 6 heteroatoms. The Morgan fingerprint density at radius 3 is 2.28 bits per heavy atom. The zero-order chi connectivity index (χ0) is 21.6. The Labute approximate surface area is 171 Å². The van der Waals surface area contributed by atoms with E-state index in [1.165, 1.54) is 18.0 Å². The number of hydrogen-bond acceptors (Lipinski definition) is 3. The van der Waals surface area contributed by atoms with Gasteiger partial charge in [0, 0.05) is 19.2 Å². The van der Waals surface area contributed by atoms with Crippen molar-refractivity contribution in [3.63, 3.8) is 0 Å². The average Bonchev–Trinajstić information content (AvgIpc) is 2.70. The number of benzene rings is 2. The summed E-state index contributed by atoms with van der Waals surface area (Å²) in [5.74, 6) is -0.591. The lowest BCUT2D eigenvalue weighted by Crippen LogP contribution is -2.48. The first-order valence-corrected chi connectivity index (χ1v) is 9.61. The summed E-state index contributed by atoms with van der Waals surface area (Å²) in [6, 6.07) is 13.0. The van der Waals surface area contributed by atoms with Crippen LogP contribution in [0.5, 0.6) is 5.75 Å². The second-order valence-corrected chi connectivity index (χ2v) is 7.97. The van der Waals surface area contributed by atoms with E-state index < -0.39 is 17.8 Å². The number of hydrogen-bond donors (Lipinski definition) is 1. The van der Waals surface area contributed by atoms with Crippen molar-refractivity contribution >= 4 is 11.8 Å². The van der Waals surface area contributed by atoms with Crippen LogP contribution < -0.4 is 10.1 Å². The summed E-state index contributed by atoms with van der Waals surface area (Å²) < 4.78 is 19.7. The average molecular weight is 400 g/mol. The molecule has 0 spiro atoms. The van der Waals surface area contributed by atoms with E-state index in [1.807, 2.05) is 24.3 Å². The molecule has 0 heterocycles. The van der Waals surface area contributed by atoms with Crippen LogP contribution in [0.1, 0.15) is 38.8 Å². The zero-order valence-corrected chi connectivity index (χ0v) is 17.7. The maximum atomic E-state index is 14.1. The smallest absolute Gasteiger partial charge is 0.261 e. The number of nitrogens with one attached hydrogen (secondary N) is 1. The number of ether oxygens (including phenoxy) is 1. The third-order valence-corrected chi connectivity index (χ3v) is 4.79. The van der Waals surface area contributed by atoms with Gasteiger partial charge < -0.3 is 15.0 Å². The van der Waals surface area contributed by atoms with Crippen molar-refractivity contribution in [1.29, 1.82) is 0 Å². The molecule has 0 aliphatic rings. The molecule has 156 valence electrons. The first-order valence-electron chi connectivity index (χ1n) is 9.61. The van der Waals surface area contributed by atoms with E-state index in [0.717, 1.165) is 5.56 Å². The lowest BCUT2D eigenvalue weighted by molar-refractivity contribution is -0.142. The van der Waals surface area contributed by atoms with Crippen LogP contribution in [0.2, 0.25) is 0 Å². The first-order chi connectivity index (χ1) is 13.6. The minimum Gasteiger partial charge on any atom is -0.484 e. The Bertz CT molecular complexity index is 844. The number of rotatable bonds is 7. The van der Waals surface area contributed by atoms with Crippen molar-refractivity contribution in [3.05, 3.63) is 65.5 Å². The molecule has 0 fully saturated rings. The molecular formula is C23H29FN2O3. The van der Waals surface area contributed by atoms with Gasteiger partial charge in [0.05, 0.1) is 0 Å². The summed E-state index contributed by atoms with van der Waals surface area (Å²) in [4.78, 5) is 26.2. The highest BCUT2D eigenvalue weighted by molar-refractivity contribution is 5.87. The van der Waals surface area contributed by atoms with Crippen LogP contribution in [-0.4, -0.2) is 36.4 Å². The number of nitrogens with zero attached hydrogens (tertiary/aromatic N) is 1. The predicted molar refractivity (Wildman–Crippen MR) is 111 cm³/mol. The van der Waals surface area contributed by atoms with Crippen LogP contribution in [0.3, 0.4) is 0 Å². The second kappa shape index (κ2) is 9.54. The summed E-state index contributed by atoms with van der Waals surface area (Å²) in [7, 11) is 1.50. The van der Waals surface area contributed by atoms with Crippen molar-refractivity contribution in [3.8, 4) is 5.75 Å². The Hall–Kier alpha value is -2.89. The molecule has 1 atom stereocenters. The van der Waals surface area contributed by atoms with Gasteiger partial charge in [-0.25, -0.2) is 4.39 Å². The Balaban J connectivity index is 2.12. The van der Waals surface area contributed by atoms with Gasteiger partial charge in [0.1, 0.15) is 17.6 Å². The molecule has 0 aromatic heterocycles. The van der Waals surface area contributed by atoms with Gasteiger partial charge >= 0.3 is 0 Å². The van der Waals surface area contributed by atoms with Crippen molar-refractivity contribution in [2.45, 2.75) is 45.7 Å². The van der Waals surface area contributed by atoms with Crippen LogP contribution in [0.4, 0.5) is 4.39 Å². The van der Waals surface area contributed by atoms with Gasteiger partial charge in [-0.05, 0) is 36.1 Å². The van der Waals surface area contributed by atoms with Gasteiger partial charge in [-0.3, -0.25) is 9.59 Å². The molecule has 0 bridgehead atoms. The monoisotopic (exact) mass is 400 g/mol. The molecule has 0 aliphatic carbocycles. The van der Waals surface area contributed by atoms with E-state index >= 15 is 0 Å². The van der Waals surface area contributed by atoms with Crippen LogP contribution in [0.25, 0.3) is 0 Å². The molecule has 2 aromatic rings. The summed E-state index contributed by atoms with van der Waals surface area (Å²) in [5.41, 5.74) is 1.52. The van der Waals surface area contributed by atoms with E-state index in [-0.39, 0.29) is 24.5 Å². The number of carbonyl (C=O) groups is 2. The molecule has 2 amide bonds. The van der Waals surface area contributed by atoms with E-state index in [0.29, 0.717) is 11.3 Å². The zero-order valence-electron chi connectivity index (χ0n) is 17.7. The summed E-state index contributed by atoms with van der Waals surface area (Å²) in [6.07, 6.45) is 0. The van der Waals surface area contributed by atoms with E-state index in [2.05, 4.69) is 26.1 Å². The van der Waals surface area contributed by atoms with Crippen molar-refractivity contribution in [2.75, 3.05) is 13.7 Å².